The van der Waals surface area contributed by atoms with Gasteiger partial charge in [-0.05, 0) is 86.5 Å². The number of rotatable bonds is 3. The molecule has 3 heterocycles. The predicted octanol–water partition coefficient (Wildman–Crippen LogP) is 8.06. The van der Waals surface area contributed by atoms with Crippen LogP contribution >= 0.6 is 15.9 Å². The average Bonchev–Trinajstić information content (AvgIpc) is 3.29. The summed E-state index contributed by atoms with van der Waals surface area (Å²) in [6.07, 6.45) is 0. The predicted molar refractivity (Wildman–Crippen MR) is 169 cm³/mol. The molecule has 2 aliphatic rings. The van der Waals surface area contributed by atoms with Crippen LogP contribution in [-0.2, 0) is 0 Å². The third kappa shape index (κ3) is 4.31. The van der Waals surface area contributed by atoms with E-state index < -0.39 is 6.04 Å². The molecule has 1 atom stereocenters. The molecular formula is C33H27BrN6O. The van der Waals surface area contributed by atoms with Crippen LogP contribution in [0.1, 0.15) is 34.0 Å². The molecule has 0 spiro atoms. The van der Waals surface area contributed by atoms with Crippen molar-refractivity contribution in [3.05, 3.63) is 123 Å². The lowest BCUT2D eigenvalue weighted by molar-refractivity contribution is 0.465. The Hall–Kier alpha value is -4.69. The third-order valence-electron chi connectivity index (χ3n) is 7.41. The number of phenolic OH excluding ortho intramolecular Hbond substituents is 1. The number of aromatic hydroxyl groups is 1. The number of aryl methyl sites for hydroxylation is 3. The second-order valence-corrected chi connectivity index (χ2v) is 11.3. The van der Waals surface area contributed by atoms with E-state index in [0.717, 1.165) is 55.2 Å². The van der Waals surface area contributed by atoms with E-state index in [9.17, 15) is 5.11 Å². The normalized spacial score (nSPS) is 15.4. The minimum absolute atomic E-state index is 0.195. The molecule has 0 saturated heterocycles. The Bertz CT molecular complexity index is 1870. The molecule has 0 bridgehead atoms. The lowest BCUT2D eigenvalue weighted by Gasteiger charge is -2.40. The van der Waals surface area contributed by atoms with Gasteiger partial charge in [0.2, 0.25) is 0 Å². The summed E-state index contributed by atoms with van der Waals surface area (Å²) in [6.45, 7) is 6.17. The van der Waals surface area contributed by atoms with Gasteiger partial charge in [-0.15, -0.1) is 0 Å². The molecule has 2 N–H and O–H groups in total. The van der Waals surface area contributed by atoms with E-state index in [1.807, 2.05) is 78.3 Å². The summed E-state index contributed by atoms with van der Waals surface area (Å²) >= 11 is 3.64. The molecule has 8 heteroatoms. The number of amidine groups is 2. The zero-order valence-corrected chi connectivity index (χ0v) is 24.4. The smallest absolute Gasteiger partial charge is 0.179 e. The fraction of sp³-hybridized carbons (Fsp3) is 0.121. The lowest BCUT2D eigenvalue weighted by atomic mass is 9.92. The SMILES string of the molecule is Cc1cc(C)cc(NC2=Nc3ccccc3N3C2=Nc2c(c(C)nn2-c2ccccc2)[C@H]3c2cc(Br)ccc2O)c1. The van der Waals surface area contributed by atoms with Crippen LogP contribution in [0.25, 0.3) is 5.69 Å². The molecule has 0 aliphatic carbocycles. The van der Waals surface area contributed by atoms with Gasteiger partial charge in [-0.1, -0.05) is 52.3 Å². The number of hydrogen-bond acceptors (Lipinski definition) is 6. The van der Waals surface area contributed by atoms with Crippen LogP contribution in [0.2, 0.25) is 0 Å². The van der Waals surface area contributed by atoms with Gasteiger partial charge in [0.25, 0.3) is 0 Å². The van der Waals surface area contributed by atoms with Crippen molar-refractivity contribution in [2.75, 3.05) is 10.2 Å². The second kappa shape index (κ2) is 9.74. The Morgan fingerprint density at radius 3 is 2.34 bits per heavy atom. The first-order valence-electron chi connectivity index (χ1n) is 13.4. The van der Waals surface area contributed by atoms with Crippen LogP contribution in [-0.4, -0.2) is 26.6 Å². The number of nitrogens with one attached hydrogen (secondary N) is 1. The first-order valence-corrected chi connectivity index (χ1v) is 14.2. The Morgan fingerprint density at radius 2 is 1.56 bits per heavy atom. The number of para-hydroxylation sites is 3. The van der Waals surface area contributed by atoms with Gasteiger partial charge in [-0.3, -0.25) is 0 Å². The summed E-state index contributed by atoms with van der Waals surface area (Å²) in [4.78, 5) is 12.5. The molecule has 2 aliphatic heterocycles. The molecule has 41 heavy (non-hydrogen) atoms. The van der Waals surface area contributed by atoms with E-state index in [2.05, 4.69) is 58.2 Å². The van der Waals surface area contributed by atoms with Crippen LogP contribution in [0.5, 0.6) is 5.75 Å². The molecule has 0 radical (unpaired) electrons. The Labute approximate surface area is 246 Å². The molecule has 1 aromatic heterocycles. The van der Waals surface area contributed by atoms with Crippen molar-refractivity contribution in [2.45, 2.75) is 26.8 Å². The van der Waals surface area contributed by atoms with Crippen molar-refractivity contribution in [1.29, 1.82) is 0 Å². The number of aromatic nitrogens is 2. The topological polar surface area (TPSA) is 78.0 Å². The monoisotopic (exact) mass is 602 g/mol. The van der Waals surface area contributed by atoms with Gasteiger partial charge >= 0.3 is 0 Å². The number of aliphatic imine (C=N–C) groups is 2. The fourth-order valence-electron chi connectivity index (χ4n) is 5.77. The van der Waals surface area contributed by atoms with Crippen LogP contribution < -0.4 is 10.2 Å². The molecule has 0 fully saturated rings. The van der Waals surface area contributed by atoms with E-state index >= 15 is 0 Å². The standard InChI is InChI=1S/C33H27BrN6O/c1-19-15-20(2)17-23(16-19)35-31-33-37-32-29(21(3)38-40(32)24-9-5-4-6-10-24)30(25-18-22(34)13-14-28(25)41)39(33)27-12-8-7-11-26(27)36-31/h4-18,30,41H,1-3H3,(H,35,36)/t30-/m1/s1. The molecular weight excluding hydrogens is 576 g/mol. The fourth-order valence-corrected chi connectivity index (χ4v) is 6.15. The molecule has 7 nitrogen and oxygen atoms in total. The van der Waals surface area contributed by atoms with E-state index in [0.29, 0.717) is 17.5 Å². The average molecular weight is 604 g/mol. The minimum atomic E-state index is -0.417. The van der Waals surface area contributed by atoms with Gasteiger partial charge in [0.15, 0.2) is 17.5 Å². The van der Waals surface area contributed by atoms with Crippen molar-refractivity contribution in [2.24, 2.45) is 9.98 Å². The Balaban J connectivity index is 1.52. The largest absolute Gasteiger partial charge is 0.508 e. The third-order valence-corrected chi connectivity index (χ3v) is 7.90. The number of benzene rings is 4. The van der Waals surface area contributed by atoms with Crippen molar-refractivity contribution >= 4 is 50.5 Å². The summed E-state index contributed by atoms with van der Waals surface area (Å²) < 4.78 is 2.75. The van der Waals surface area contributed by atoms with Crippen LogP contribution in [0.15, 0.2) is 105 Å². The summed E-state index contributed by atoms with van der Waals surface area (Å²) in [6, 6.07) is 29.5. The number of nitrogens with zero attached hydrogens (tertiary/aromatic N) is 5. The van der Waals surface area contributed by atoms with Gasteiger partial charge in [-0.25, -0.2) is 14.7 Å². The van der Waals surface area contributed by atoms with Gasteiger partial charge in [-0.2, -0.15) is 5.10 Å². The molecule has 0 amide bonds. The van der Waals surface area contributed by atoms with Crippen LogP contribution in [0, 0.1) is 20.8 Å². The first-order chi connectivity index (χ1) is 19.9. The van der Waals surface area contributed by atoms with Crippen LogP contribution in [0.3, 0.4) is 0 Å². The highest BCUT2D eigenvalue weighted by Crippen LogP contribution is 2.50. The van der Waals surface area contributed by atoms with Crippen molar-refractivity contribution in [1.82, 2.24) is 9.78 Å². The summed E-state index contributed by atoms with van der Waals surface area (Å²) in [5, 5.41) is 19.8. The maximum Gasteiger partial charge on any atom is 0.179 e. The van der Waals surface area contributed by atoms with Crippen molar-refractivity contribution < 1.29 is 5.11 Å². The zero-order valence-electron chi connectivity index (χ0n) is 22.8. The van der Waals surface area contributed by atoms with E-state index in [4.69, 9.17) is 15.1 Å². The van der Waals surface area contributed by atoms with Crippen molar-refractivity contribution in [3.8, 4) is 11.4 Å². The Kier molecular flexibility index (Phi) is 6.01. The van der Waals surface area contributed by atoms with E-state index in [-0.39, 0.29) is 5.75 Å². The molecule has 0 unspecified atom stereocenters. The maximum atomic E-state index is 11.3. The number of phenols is 1. The van der Waals surface area contributed by atoms with E-state index in [1.54, 1.807) is 6.07 Å². The lowest BCUT2D eigenvalue weighted by Crippen LogP contribution is -2.46. The van der Waals surface area contributed by atoms with Crippen LogP contribution in [0.4, 0.5) is 22.9 Å². The van der Waals surface area contributed by atoms with Gasteiger partial charge in [0.05, 0.1) is 28.8 Å². The maximum absolute atomic E-state index is 11.3. The minimum Gasteiger partial charge on any atom is -0.508 e. The van der Waals surface area contributed by atoms with Crippen molar-refractivity contribution in [3.63, 3.8) is 0 Å². The molecule has 4 aromatic carbocycles. The molecule has 0 saturated carbocycles. The number of fused-ring (bicyclic) bond motifs is 4. The zero-order chi connectivity index (χ0) is 28.2. The second-order valence-electron chi connectivity index (χ2n) is 10.4. The van der Waals surface area contributed by atoms with Gasteiger partial charge in [0.1, 0.15) is 5.75 Å². The highest BCUT2D eigenvalue weighted by Gasteiger charge is 2.42. The highest BCUT2D eigenvalue weighted by molar-refractivity contribution is 9.10. The molecule has 7 rings (SSSR count). The molecule has 202 valence electrons. The summed E-state index contributed by atoms with van der Waals surface area (Å²) in [5.74, 6) is 2.17. The summed E-state index contributed by atoms with van der Waals surface area (Å²) in [5.41, 5.74) is 8.37. The number of anilines is 2. The highest BCUT2D eigenvalue weighted by atomic mass is 79.9. The number of hydrogen-bond donors (Lipinski definition) is 2. The Morgan fingerprint density at radius 1 is 0.829 bits per heavy atom. The quantitative estimate of drug-likeness (QED) is 0.219. The van der Waals surface area contributed by atoms with Gasteiger partial charge < -0.3 is 15.3 Å². The number of halogens is 1. The van der Waals surface area contributed by atoms with Gasteiger partial charge in [0, 0.05) is 21.3 Å². The first kappa shape index (κ1) is 25.3. The van der Waals surface area contributed by atoms with E-state index in [1.165, 1.54) is 0 Å². The molecule has 5 aromatic rings. The summed E-state index contributed by atoms with van der Waals surface area (Å²) in [7, 11) is 0.